The van der Waals surface area contributed by atoms with Gasteiger partial charge in [-0.1, -0.05) is 13.8 Å². The molecule has 0 aliphatic heterocycles. The Morgan fingerprint density at radius 1 is 1.14 bits per heavy atom. The fourth-order valence-corrected chi connectivity index (χ4v) is 1.65. The molecule has 6 heteroatoms. The fraction of sp³-hybridized carbons (Fsp3) is 0.400. The summed E-state index contributed by atoms with van der Waals surface area (Å²) < 4.78 is 0. The first kappa shape index (κ1) is 18.6. The lowest BCUT2D eigenvalue weighted by molar-refractivity contribution is -0.138. The van der Waals surface area contributed by atoms with Crippen LogP contribution >= 0.6 is 0 Å². The SMILES string of the molecule is CC.CC(=O)C(=O)N(CC(=O)O)c1cc(C)c(C)cc1N. The summed E-state index contributed by atoms with van der Waals surface area (Å²) in [7, 11) is 0. The Labute approximate surface area is 124 Å². The summed E-state index contributed by atoms with van der Waals surface area (Å²) in [5, 5.41) is 8.84. The van der Waals surface area contributed by atoms with Crippen molar-refractivity contribution in [3.8, 4) is 0 Å². The Morgan fingerprint density at radius 2 is 1.62 bits per heavy atom. The molecule has 0 unspecified atom stereocenters. The number of nitrogens with two attached hydrogens (primary N) is 1. The number of anilines is 2. The standard InChI is InChI=1S/C13H16N2O4.C2H6/c1-7-4-10(14)11(5-8(7)2)15(6-12(17)18)13(19)9(3)16;1-2/h4-5H,6,14H2,1-3H3,(H,17,18);1-2H3. The molecule has 116 valence electrons. The first-order chi connectivity index (χ1) is 9.73. The van der Waals surface area contributed by atoms with Crippen LogP contribution in [0.3, 0.4) is 0 Å². The number of ketones is 1. The van der Waals surface area contributed by atoms with Crippen LogP contribution in [0.5, 0.6) is 0 Å². The highest BCUT2D eigenvalue weighted by atomic mass is 16.4. The van der Waals surface area contributed by atoms with E-state index in [9.17, 15) is 14.4 Å². The lowest BCUT2D eigenvalue weighted by atomic mass is 10.1. The van der Waals surface area contributed by atoms with Crippen LogP contribution in [0, 0.1) is 13.8 Å². The second-order valence-corrected chi connectivity index (χ2v) is 4.34. The third-order valence-electron chi connectivity index (χ3n) is 2.77. The van der Waals surface area contributed by atoms with Gasteiger partial charge in [0, 0.05) is 6.92 Å². The van der Waals surface area contributed by atoms with Gasteiger partial charge in [-0.25, -0.2) is 0 Å². The first-order valence-corrected chi connectivity index (χ1v) is 6.65. The highest BCUT2D eigenvalue weighted by molar-refractivity contribution is 6.41. The van der Waals surface area contributed by atoms with E-state index >= 15 is 0 Å². The van der Waals surface area contributed by atoms with Gasteiger partial charge in [-0.3, -0.25) is 19.3 Å². The van der Waals surface area contributed by atoms with Gasteiger partial charge in [0.1, 0.15) is 6.54 Å². The highest BCUT2D eigenvalue weighted by Gasteiger charge is 2.24. The minimum atomic E-state index is -1.22. The first-order valence-electron chi connectivity index (χ1n) is 6.65. The molecule has 0 heterocycles. The maximum Gasteiger partial charge on any atom is 0.323 e. The van der Waals surface area contributed by atoms with Gasteiger partial charge >= 0.3 is 5.97 Å². The van der Waals surface area contributed by atoms with Crippen molar-refractivity contribution in [1.82, 2.24) is 0 Å². The second kappa shape index (κ2) is 8.04. The fourth-order valence-electron chi connectivity index (χ4n) is 1.65. The maximum absolute atomic E-state index is 11.8. The molecule has 0 atom stereocenters. The number of carboxylic acid groups (broad SMARTS) is 1. The summed E-state index contributed by atoms with van der Waals surface area (Å²) in [6, 6.07) is 3.25. The third-order valence-corrected chi connectivity index (χ3v) is 2.77. The van der Waals surface area contributed by atoms with E-state index in [1.807, 2.05) is 27.7 Å². The normalized spacial score (nSPS) is 9.38. The molecule has 1 aromatic rings. The van der Waals surface area contributed by atoms with E-state index in [2.05, 4.69) is 0 Å². The molecule has 0 saturated heterocycles. The van der Waals surface area contributed by atoms with E-state index in [0.717, 1.165) is 23.0 Å². The minimum absolute atomic E-state index is 0.241. The van der Waals surface area contributed by atoms with Crippen LogP contribution in [0.1, 0.15) is 31.9 Å². The van der Waals surface area contributed by atoms with Crippen molar-refractivity contribution in [3.63, 3.8) is 0 Å². The maximum atomic E-state index is 11.8. The molecule has 1 amide bonds. The van der Waals surface area contributed by atoms with Gasteiger partial charge in [-0.2, -0.15) is 0 Å². The molecule has 1 rings (SSSR count). The summed E-state index contributed by atoms with van der Waals surface area (Å²) in [5.41, 5.74) is 8.09. The van der Waals surface area contributed by atoms with Gasteiger partial charge in [0.05, 0.1) is 11.4 Å². The molecule has 0 fully saturated rings. The van der Waals surface area contributed by atoms with E-state index in [-0.39, 0.29) is 11.4 Å². The Hall–Kier alpha value is -2.37. The van der Waals surface area contributed by atoms with Crippen molar-refractivity contribution >= 4 is 29.0 Å². The van der Waals surface area contributed by atoms with Crippen LogP contribution in [0.4, 0.5) is 11.4 Å². The number of nitrogen functional groups attached to an aromatic ring is 1. The molecule has 0 bridgehead atoms. The van der Waals surface area contributed by atoms with Gasteiger partial charge < -0.3 is 10.8 Å². The molecule has 6 nitrogen and oxygen atoms in total. The highest BCUT2D eigenvalue weighted by Crippen LogP contribution is 2.27. The van der Waals surface area contributed by atoms with Crippen LogP contribution < -0.4 is 10.6 Å². The van der Waals surface area contributed by atoms with Crippen LogP contribution in [-0.4, -0.2) is 29.3 Å². The number of carbonyl (C=O) groups is 3. The lowest BCUT2D eigenvalue weighted by Crippen LogP contribution is -2.39. The van der Waals surface area contributed by atoms with Crippen molar-refractivity contribution in [1.29, 1.82) is 0 Å². The number of amides is 1. The van der Waals surface area contributed by atoms with E-state index in [1.165, 1.54) is 0 Å². The Bertz CT molecular complexity index is 553. The number of benzene rings is 1. The number of aryl methyl sites for hydroxylation is 2. The smallest absolute Gasteiger partial charge is 0.323 e. The van der Waals surface area contributed by atoms with Gasteiger partial charge in [0.2, 0.25) is 5.78 Å². The minimum Gasteiger partial charge on any atom is -0.480 e. The lowest BCUT2D eigenvalue weighted by Gasteiger charge is -2.22. The van der Waals surface area contributed by atoms with Crippen molar-refractivity contribution in [2.75, 3.05) is 17.2 Å². The summed E-state index contributed by atoms with van der Waals surface area (Å²) in [4.78, 5) is 34.7. The molecule has 0 radical (unpaired) electrons. The van der Waals surface area contributed by atoms with E-state index < -0.39 is 24.2 Å². The molecule has 0 aromatic heterocycles. The third kappa shape index (κ3) is 4.91. The van der Waals surface area contributed by atoms with Crippen molar-refractivity contribution in [2.45, 2.75) is 34.6 Å². The summed E-state index contributed by atoms with van der Waals surface area (Å²) in [6.45, 7) is 8.15. The van der Waals surface area contributed by atoms with Crippen LogP contribution in [0.25, 0.3) is 0 Å². The Kier molecular flexibility index (Phi) is 7.13. The zero-order valence-electron chi connectivity index (χ0n) is 13.1. The Balaban J connectivity index is 0.00000191. The van der Waals surface area contributed by atoms with Crippen molar-refractivity contribution < 1.29 is 19.5 Å². The molecule has 0 spiro atoms. The molecule has 0 aliphatic rings. The van der Waals surface area contributed by atoms with E-state index in [0.29, 0.717) is 0 Å². The summed E-state index contributed by atoms with van der Waals surface area (Å²) in [6.07, 6.45) is 0. The van der Waals surface area contributed by atoms with Gasteiger partial charge in [-0.15, -0.1) is 0 Å². The van der Waals surface area contributed by atoms with E-state index in [1.54, 1.807) is 12.1 Å². The van der Waals surface area contributed by atoms with Gasteiger partial charge in [0.15, 0.2) is 0 Å². The Morgan fingerprint density at radius 3 is 2.05 bits per heavy atom. The average Bonchev–Trinajstić information content (AvgIpc) is 2.41. The predicted molar refractivity (Wildman–Crippen MR) is 82.3 cm³/mol. The predicted octanol–water partition coefficient (Wildman–Crippen LogP) is 1.92. The molecule has 21 heavy (non-hydrogen) atoms. The second-order valence-electron chi connectivity index (χ2n) is 4.34. The molecule has 0 saturated carbocycles. The summed E-state index contributed by atoms with van der Waals surface area (Å²) >= 11 is 0. The van der Waals surface area contributed by atoms with Crippen molar-refractivity contribution in [3.05, 3.63) is 23.3 Å². The van der Waals surface area contributed by atoms with E-state index in [4.69, 9.17) is 10.8 Å². The number of carboxylic acids is 1. The van der Waals surface area contributed by atoms with Crippen LogP contribution in [0.15, 0.2) is 12.1 Å². The van der Waals surface area contributed by atoms with Crippen molar-refractivity contribution in [2.24, 2.45) is 0 Å². The molecular weight excluding hydrogens is 272 g/mol. The topological polar surface area (TPSA) is 101 Å². The largest absolute Gasteiger partial charge is 0.480 e. The zero-order chi connectivity index (χ0) is 16.7. The average molecular weight is 294 g/mol. The number of aliphatic carboxylic acids is 1. The summed E-state index contributed by atoms with van der Waals surface area (Å²) in [5.74, 6) is -2.84. The number of nitrogens with zero attached hydrogens (tertiary/aromatic N) is 1. The number of Topliss-reactive ketones (excluding diaryl/α,β-unsaturated/α-hetero) is 1. The number of hydrogen-bond acceptors (Lipinski definition) is 4. The molecule has 1 aromatic carbocycles. The molecule has 0 aliphatic carbocycles. The monoisotopic (exact) mass is 294 g/mol. The van der Waals surface area contributed by atoms with Gasteiger partial charge in [0.25, 0.3) is 5.91 Å². The van der Waals surface area contributed by atoms with Gasteiger partial charge in [-0.05, 0) is 37.1 Å². The van der Waals surface area contributed by atoms with Crippen LogP contribution in [-0.2, 0) is 14.4 Å². The zero-order valence-corrected chi connectivity index (χ0v) is 13.1. The number of hydrogen-bond donors (Lipinski definition) is 2. The molecular formula is C15H22N2O4. The number of rotatable bonds is 4. The van der Waals surface area contributed by atoms with Crippen LogP contribution in [0.2, 0.25) is 0 Å². The quantitative estimate of drug-likeness (QED) is 0.652. The number of carbonyl (C=O) groups excluding carboxylic acids is 2. The molecule has 3 N–H and O–H groups in total.